The van der Waals surface area contributed by atoms with Crippen LogP contribution in [0.3, 0.4) is 0 Å². The van der Waals surface area contributed by atoms with Crippen LogP contribution in [0.4, 0.5) is 0 Å². The quantitative estimate of drug-likeness (QED) is 0.676. The summed E-state index contributed by atoms with van der Waals surface area (Å²) >= 11 is 0. The first-order valence-corrected chi connectivity index (χ1v) is 7.44. The van der Waals surface area contributed by atoms with E-state index in [2.05, 4.69) is 40.0 Å². The lowest BCUT2D eigenvalue weighted by Gasteiger charge is -2.45. The van der Waals surface area contributed by atoms with Crippen LogP contribution in [0.1, 0.15) is 46.5 Å². The van der Waals surface area contributed by atoms with Crippen molar-refractivity contribution < 1.29 is 9.90 Å². The average molecular weight is 276 g/mol. The highest BCUT2D eigenvalue weighted by atomic mass is 16.4. The lowest BCUT2D eigenvalue weighted by Crippen LogP contribution is -2.37. The van der Waals surface area contributed by atoms with Crippen molar-refractivity contribution in [3.63, 3.8) is 0 Å². The molecule has 0 aromatic rings. The summed E-state index contributed by atoms with van der Waals surface area (Å²) in [6.07, 6.45) is 9.29. The number of rotatable bonds is 7. The molecule has 3 atom stereocenters. The van der Waals surface area contributed by atoms with Gasteiger partial charge in [-0.25, -0.2) is 0 Å². The molecular weight excluding hydrogens is 248 g/mol. The summed E-state index contributed by atoms with van der Waals surface area (Å²) in [6.45, 7) is 14.5. The van der Waals surface area contributed by atoms with Gasteiger partial charge in [0.25, 0.3) is 0 Å². The summed E-state index contributed by atoms with van der Waals surface area (Å²) in [6, 6.07) is 0. The highest BCUT2D eigenvalue weighted by Crippen LogP contribution is 2.49. The molecule has 2 heteroatoms. The van der Waals surface area contributed by atoms with Crippen molar-refractivity contribution in [3.8, 4) is 0 Å². The summed E-state index contributed by atoms with van der Waals surface area (Å²) in [5, 5.41) is 9.00. The Morgan fingerprint density at radius 1 is 1.55 bits per heavy atom. The van der Waals surface area contributed by atoms with E-state index < -0.39 is 5.97 Å². The number of allylic oxidation sites excluding steroid dienone is 4. The number of carboxylic acid groups (broad SMARTS) is 1. The summed E-state index contributed by atoms with van der Waals surface area (Å²) < 4.78 is 0. The highest BCUT2D eigenvalue weighted by Gasteiger charge is 2.40. The molecule has 0 fully saturated rings. The Kier molecular flexibility index (Phi) is 5.79. The van der Waals surface area contributed by atoms with E-state index in [1.54, 1.807) is 6.08 Å². The molecule has 1 aliphatic carbocycles. The smallest absolute Gasteiger partial charge is 0.303 e. The molecule has 0 bridgehead atoms. The minimum Gasteiger partial charge on any atom is -0.481 e. The van der Waals surface area contributed by atoms with Gasteiger partial charge in [-0.05, 0) is 49.4 Å². The largest absolute Gasteiger partial charge is 0.481 e. The lowest BCUT2D eigenvalue weighted by atomic mass is 9.59. The first-order chi connectivity index (χ1) is 9.32. The molecule has 2 nitrogen and oxygen atoms in total. The summed E-state index contributed by atoms with van der Waals surface area (Å²) in [5.41, 5.74) is 1.57. The zero-order valence-corrected chi connectivity index (χ0v) is 13.1. The van der Waals surface area contributed by atoms with Crippen LogP contribution >= 0.6 is 0 Å². The van der Waals surface area contributed by atoms with Crippen LogP contribution in [-0.4, -0.2) is 11.1 Å². The monoisotopic (exact) mass is 276 g/mol. The topological polar surface area (TPSA) is 37.3 Å². The maximum absolute atomic E-state index is 10.9. The molecule has 0 unspecified atom stereocenters. The average Bonchev–Trinajstić information content (AvgIpc) is 2.36. The molecule has 20 heavy (non-hydrogen) atoms. The van der Waals surface area contributed by atoms with Crippen molar-refractivity contribution in [2.24, 2.45) is 23.2 Å². The first-order valence-electron chi connectivity index (χ1n) is 7.44. The van der Waals surface area contributed by atoms with Gasteiger partial charge in [0, 0.05) is 0 Å². The third kappa shape index (κ3) is 3.84. The highest BCUT2D eigenvalue weighted by molar-refractivity contribution is 5.67. The number of carbonyl (C=O) groups is 1. The Morgan fingerprint density at radius 3 is 2.70 bits per heavy atom. The summed E-state index contributed by atoms with van der Waals surface area (Å²) in [4.78, 5) is 10.9. The van der Waals surface area contributed by atoms with Gasteiger partial charge in [0.1, 0.15) is 0 Å². The van der Waals surface area contributed by atoms with E-state index in [0.717, 1.165) is 19.3 Å². The number of hydrogen-bond acceptors (Lipinski definition) is 1. The van der Waals surface area contributed by atoms with Gasteiger partial charge in [-0.2, -0.15) is 0 Å². The van der Waals surface area contributed by atoms with Crippen molar-refractivity contribution in [2.45, 2.75) is 46.5 Å². The SMILES string of the molecule is C=CC[C@@H]1CC=C(C)[C@@H](C[C@H](C=C)CC(=O)O)C1(C)C. The summed E-state index contributed by atoms with van der Waals surface area (Å²) in [7, 11) is 0. The first kappa shape index (κ1) is 16.7. The van der Waals surface area contributed by atoms with Crippen molar-refractivity contribution in [3.05, 3.63) is 37.0 Å². The third-order valence-corrected chi connectivity index (χ3v) is 4.98. The molecule has 112 valence electrons. The van der Waals surface area contributed by atoms with Gasteiger partial charge < -0.3 is 5.11 Å². The van der Waals surface area contributed by atoms with Crippen molar-refractivity contribution in [1.29, 1.82) is 0 Å². The molecule has 0 aromatic carbocycles. The van der Waals surface area contributed by atoms with E-state index in [-0.39, 0.29) is 17.8 Å². The van der Waals surface area contributed by atoms with Gasteiger partial charge in [-0.1, -0.05) is 37.6 Å². The van der Waals surface area contributed by atoms with Crippen LogP contribution in [0.25, 0.3) is 0 Å². The number of hydrogen-bond donors (Lipinski definition) is 1. The Hall–Kier alpha value is -1.31. The van der Waals surface area contributed by atoms with Crippen molar-refractivity contribution >= 4 is 5.97 Å². The second-order valence-corrected chi connectivity index (χ2v) is 6.61. The van der Waals surface area contributed by atoms with E-state index in [4.69, 9.17) is 5.11 Å². The molecule has 1 rings (SSSR count). The Morgan fingerprint density at radius 2 is 2.20 bits per heavy atom. The predicted octanol–water partition coefficient (Wildman–Crippen LogP) is 4.84. The zero-order valence-electron chi connectivity index (χ0n) is 13.1. The van der Waals surface area contributed by atoms with Gasteiger partial charge in [-0.3, -0.25) is 4.79 Å². The van der Waals surface area contributed by atoms with Crippen LogP contribution in [0.2, 0.25) is 0 Å². The molecule has 0 amide bonds. The molecule has 0 saturated heterocycles. The standard InChI is InChI=1S/C18H28O2/c1-6-8-15-10-9-13(3)16(18(15,4)5)11-14(7-2)12-17(19)20/h6-7,9,14-16H,1-2,8,10-12H2,3-5H3,(H,19,20)/t14-,15+,16+/m0/s1. The second kappa shape index (κ2) is 6.92. The van der Waals surface area contributed by atoms with E-state index in [9.17, 15) is 4.79 Å². The minimum atomic E-state index is -0.743. The number of carboxylic acids is 1. The molecule has 0 aliphatic heterocycles. The molecule has 0 spiro atoms. The van der Waals surface area contributed by atoms with Gasteiger partial charge in [0.05, 0.1) is 6.42 Å². The van der Waals surface area contributed by atoms with E-state index in [0.29, 0.717) is 11.8 Å². The van der Waals surface area contributed by atoms with Crippen LogP contribution in [0, 0.1) is 23.2 Å². The van der Waals surface area contributed by atoms with Crippen molar-refractivity contribution in [1.82, 2.24) is 0 Å². The van der Waals surface area contributed by atoms with Crippen LogP contribution in [-0.2, 0) is 4.79 Å². The summed E-state index contributed by atoms with van der Waals surface area (Å²) in [5.74, 6) is 0.308. The molecular formula is C18H28O2. The van der Waals surface area contributed by atoms with Gasteiger partial charge >= 0.3 is 5.97 Å². The molecule has 1 N–H and O–H groups in total. The lowest BCUT2D eigenvalue weighted by molar-refractivity contribution is -0.137. The minimum absolute atomic E-state index is 0.0441. The maximum Gasteiger partial charge on any atom is 0.303 e. The van der Waals surface area contributed by atoms with Crippen molar-refractivity contribution in [2.75, 3.05) is 0 Å². The van der Waals surface area contributed by atoms with Gasteiger partial charge in [0.2, 0.25) is 0 Å². The van der Waals surface area contributed by atoms with E-state index in [1.165, 1.54) is 5.57 Å². The maximum atomic E-state index is 10.9. The van der Waals surface area contributed by atoms with E-state index >= 15 is 0 Å². The fraction of sp³-hybridized carbons (Fsp3) is 0.611. The van der Waals surface area contributed by atoms with Gasteiger partial charge in [0.15, 0.2) is 0 Å². The molecule has 0 heterocycles. The fourth-order valence-corrected chi connectivity index (χ4v) is 3.53. The Bertz CT molecular complexity index is 404. The number of aliphatic carboxylic acids is 1. The molecule has 1 aliphatic rings. The van der Waals surface area contributed by atoms with Gasteiger partial charge in [-0.15, -0.1) is 13.2 Å². The normalized spacial score (nSPS) is 26.4. The predicted molar refractivity (Wildman–Crippen MR) is 84.5 cm³/mol. The second-order valence-electron chi connectivity index (χ2n) is 6.61. The van der Waals surface area contributed by atoms with E-state index in [1.807, 2.05) is 6.08 Å². The fourth-order valence-electron chi connectivity index (χ4n) is 3.53. The molecule has 0 saturated carbocycles. The molecule has 0 radical (unpaired) electrons. The Labute approximate surface area is 123 Å². The van der Waals surface area contributed by atoms with Crippen LogP contribution in [0.15, 0.2) is 37.0 Å². The molecule has 0 aromatic heterocycles. The van der Waals surface area contributed by atoms with Crippen LogP contribution in [0.5, 0.6) is 0 Å². The zero-order chi connectivity index (χ0) is 15.3. The van der Waals surface area contributed by atoms with Crippen LogP contribution < -0.4 is 0 Å². The third-order valence-electron chi connectivity index (χ3n) is 4.98. The Balaban J connectivity index is 2.91.